The molecule has 0 radical (unpaired) electrons. The Balaban J connectivity index is 1.49. The summed E-state index contributed by atoms with van der Waals surface area (Å²) in [5.41, 5.74) is 0. The number of rotatable bonds is 10. The highest BCUT2D eigenvalue weighted by atomic mass is 32.1. The SMILES string of the molecule is CCCCCCCCCC[C@H]1C[C@@H]1c1ccc(C#N)s1. The van der Waals surface area contributed by atoms with Crippen molar-refractivity contribution in [3.05, 3.63) is 21.9 Å². The first-order valence-corrected chi connectivity index (χ1v) is 9.16. The average Bonchev–Trinajstić information content (AvgIpc) is 3.08. The number of thiophene rings is 1. The Morgan fingerprint density at radius 3 is 2.45 bits per heavy atom. The van der Waals surface area contributed by atoms with Crippen LogP contribution in [0.5, 0.6) is 0 Å². The minimum Gasteiger partial charge on any atom is -0.192 e. The fraction of sp³-hybridized carbons (Fsp3) is 0.722. The second-order valence-corrected chi connectivity index (χ2v) is 7.29. The fourth-order valence-corrected chi connectivity index (χ4v) is 4.08. The zero-order valence-corrected chi connectivity index (χ0v) is 13.6. The van der Waals surface area contributed by atoms with Crippen LogP contribution < -0.4 is 0 Å². The number of nitrogens with zero attached hydrogens (tertiary/aromatic N) is 1. The molecule has 0 spiro atoms. The normalized spacial score (nSPS) is 20.8. The molecule has 2 heteroatoms. The van der Waals surface area contributed by atoms with E-state index >= 15 is 0 Å². The van der Waals surface area contributed by atoms with E-state index in [4.69, 9.17) is 5.26 Å². The molecule has 110 valence electrons. The first-order chi connectivity index (χ1) is 9.85. The van der Waals surface area contributed by atoms with Gasteiger partial charge in [0.1, 0.15) is 10.9 Å². The Labute approximate surface area is 128 Å². The van der Waals surface area contributed by atoms with Crippen LogP contribution in [0.15, 0.2) is 12.1 Å². The van der Waals surface area contributed by atoms with Crippen molar-refractivity contribution < 1.29 is 0 Å². The lowest BCUT2D eigenvalue weighted by Gasteiger charge is -2.01. The Hall–Kier alpha value is -0.810. The average molecular weight is 289 g/mol. The lowest BCUT2D eigenvalue weighted by molar-refractivity contribution is 0.548. The monoisotopic (exact) mass is 289 g/mol. The van der Waals surface area contributed by atoms with E-state index in [0.29, 0.717) is 0 Å². The van der Waals surface area contributed by atoms with Gasteiger partial charge in [-0.15, -0.1) is 11.3 Å². The molecule has 1 aliphatic carbocycles. The van der Waals surface area contributed by atoms with Crippen LogP contribution in [-0.2, 0) is 0 Å². The summed E-state index contributed by atoms with van der Waals surface area (Å²) in [6.07, 6.45) is 14.1. The number of nitriles is 1. The highest BCUT2D eigenvalue weighted by Gasteiger charge is 2.38. The van der Waals surface area contributed by atoms with E-state index in [-0.39, 0.29) is 0 Å². The van der Waals surface area contributed by atoms with Crippen LogP contribution in [0.1, 0.15) is 86.8 Å². The highest BCUT2D eigenvalue weighted by Crippen LogP contribution is 2.52. The maximum atomic E-state index is 8.86. The van der Waals surface area contributed by atoms with Gasteiger partial charge in [-0.3, -0.25) is 0 Å². The lowest BCUT2D eigenvalue weighted by atomic mass is 10.1. The van der Waals surface area contributed by atoms with Crippen molar-refractivity contribution in [2.24, 2.45) is 5.92 Å². The number of unbranched alkanes of at least 4 members (excludes halogenated alkanes) is 7. The van der Waals surface area contributed by atoms with Gasteiger partial charge in [0.2, 0.25) is 0 Å². The molecular weight excluding hydrogens is 262 g/mol. The summed E-state index contributed by atoms with van der Waals surface area (Å²) >= 11 is 1.70. The van der Waals surface area contributed by atoms with Crippen LogP contribution in [0.25, 0.3) is 0 Å². The van der Waals surface area contributed by atoms with Gasteiger partial charge < -0.3 is 0 Å². The van der Waals surface area contributed by atoms with Gasteiger partial charge in [-0.05, 0) is 36.8 Å². The van der Waals surface area contributed by atoms with Crippen molar-refractivity contribution in [2.45, 2.75) is 77.0 Å². The minimum absolute atomic E-state index is 0.784. The molecule has 2 atom stereocenters. The standard InChI is InChI=1S/C18H27NS/c1-2-3-4-5-6-7-8-9-10-15-13-17(15)18-12-11-16(14-19)20-18/h11-12,15,17H,2-10,13H2,1H3/t15-,17-/m0/s1. The van der Waals surface area contributed by atoms with Gasteiger partial charge in [-0.25, -0.2) is 0 Å². The third-order valence-electron chi connectivity index (χ3n) is 4.45. The quantitative estimate of drug-likeness (QED) is 0.467. The van der Waals surface area contributed by atoms with Crippen molar-refractivity contribution in [1.29, 1.82) is 5.26 Å². The maximum Gasteiger partial charge on any atom is 0.110 e. The molecular formula is C18H27NS. The molecule has 1 aromatic rings. The first kappa shape index (κ1) is 15.6. The molecule has 20 heavy (non-hydrogen) atoms. The van der Waals surface area contributed by atoms with E-state index in [1.165, 1.54) is 69.1 Å². The van der Waals surface area contributed by atoms with E-state index in [2.05, 4.69) is 19.1 Å². The molecule has 1 aromatic heterocycles. The number of hydrogen-bond donors (Lipinski definition) is 0. The molecule has 0 N–H and O–H groups in total. The van der Waals surface area contributed by atoms with E-state index in [1.807, 2.05) is 6.07 Å². The zero-order valence-electron chi connectivity index (χ0n) is 12.7. The van der Waals surface area contributed by atoms with Crippen molar-refractivity contribution in [3.63, 3.8) is 0 Å². The summed E-state index contributed by atoms with van der Waals surface area (Å²) in [5, 5.41) is 8.86. The predicted molar refractivity (Wildman–Crippen MR) is 87.1 cm³/mol. The van der Waals surface area contributed by atoms with Gasteiger partial charge in [0.15, 0.2) is 0 Å². The molecule has 0 saturated heterocycles. The molecule has 0 unspecified atom stereocenters. The van der Waals surface area contributed by atoms with Crippen LogP contribution in [0.2, 0.25) is 0 Å². The summed E-state index contributed by atoms with van der Waals surface area (Å²) in [6.45, 7) is 2.28. The van der Waals surface area contributed by atoms with Gasteiger partial charge >= 0.3 is 0 Å². The van der Waals surface area contributed by atoms with E-state index in [0.717, 1.165) is 16.7 Å². The van der Waals surface area contributed by atoms with Gasteiger partial charge in [0, 0.05) is 4.88 Å². The van der Waals surface area contributed by atoms with Crippen molar-refractivity contribution in [3.8, 4) is 6.07 Å². The minimum atomic E-state index is 0.784. The van der Waals surface area contributed by atoms with Crippen molar-refractivity contribution >= 4 is 11.3 Å². The van der Waals surface area contributed by atoms with E-state index in [1.54, 1.807) is 11.3 Å². The first-order valence-electron chi connectivity index (χ1n) is 8.35. The molecule has 0 amide bonds. The van der Waals surface area contributed by atoms with E-state index < -0.39 is 0 Å². The molecule has 1 aliphatic rings. The Kier molecular flexibility index (Phi) is 6.60. The summed E-state index contributed by atoms with van der Waals surface area (Å²) in [4.78, 5) is 2.32. The summed E-state index contributed by atoms with van der Waals surface area (Å²) < 4.78 is 0. The predicted octanol–water partition coefficient (Wildman–Crippen LogP) is 6.25. The molecule has 2 rings (SSSR count). The molecule has 0 bridgehead atoms. The second-order valence-electron chi connectivity index (χ2n) is 6.18. The molecule has 1 saturated carbocycles. The summed E-state index contributed by atoms with van der Waals surface area (Å²) in [7, 11) is 0. The largest absolute Gasteiger partial charge is 0.192 e. The Morgan fingerprint density at radius 2 is 1.80 bits per heavy atom. The Morgan fingerprint density at radius 1 is 1.10 bits per heavy atom. The second kappa shape index (κ2) is 8.47. The van der Waals surface area contributed by atoms with Crippen LogP contribution in [-0.4, -0.2) is 0 Å². The molecule has 1 fully saturated rings. The third-order valence-corrected chi connectivity index (χ3v) is 5.58. The van der Waals surface area contributed by atoms with Crippen LogP contribution in [0.4, 0.5) is 0 Å². The third kappa shape index (κ3) is 4.94. The van der Waals surface area contributed by atoms with Crippen molar-refractivity contribution in [2.75, 3.05) is 0 Å². The molecule has 0 aliphatic heterocycles. The van der Waals surface area contributed by atoms with Gasteiger partial charge in [0.25, 0.3) is 0 Å². The maximum absolute atomic E-state index is 8.86. The summed E-state index contributed by atoms with van der Waals surface area (Å²) in [6, 6.07) is 6.39. The van der Waals surface area contributed by atoms with Crippen LogP contribution in [0, 0.1) is 17.2 Å². The molecule has 0 aromatic carbocycles. The van der Waals surface area contributed by atoms with E-state index in [9.17, 15) is 0 Å². The van der Waals surface area contributed by atoms with Crippen molar-refractivity contribution in [1.82, 2.24) is 0 Å². The lowest BCUT2D eigenvalue weighted by Crippen LogP contribution is -1.84. The van der Waals surface area contributed by atoms with Gasteiger partial charge in [-0.2, -0.15) is 5.26 Å². The highest BCUT2D eigenvalue weighted by molar-refractivity contribution is 7.12. The number of hydrogen-bond acceptors (Lipinski definition) is 2. The topological polar surface area (TPSA) is 23.8 Å². The van der Waals surface area contributed by atoms with Gasteiger partial charge in [0.05, 0.1) is 0 Å². The smallest absolute Gasteiger partial charge is 0.110 e. The molecule has 1 heterocycles. The fourth-order valence-electron chi connectivity index (χ4n) is 3.07. The van der Waals surface area contributed by atoms with Gasteiger partial charge in [-0.1, -0.05) is 58.3 Å². The van der Waals surface area contributed by atoms with Crippen LogP contribution in [0.3, 0.4) is 0 Å². The molecule has 1 nitrogen and oxygen atoms in total. The Bertz CT molecular complexity index is 429. The van der Waals surface area contributed by atoms with Crippen LogP contribution >= 0.6 is 11.3 Å². The zero-order chi connectivity index (χ0) is 14.2. The summed E-state index contributed by atoms with van der Waals surface area (Å²) in [5.74, 6) is 1.70.